The monoisotopic (exact) mass is 212 g/mol. The Morgan fingerprint density at radius 2 is 2.20 bits per heavy atom. The van der Waals surface area contributed by atoms with Crippen LogP contribution in [0.5, 0.6) is 0 Å². The van der Waals surface area contributed by atoms with Crippen molar-refractivity contribution in [3.05, 3.63) is 0 Å². The van der Waals surface area contributed by atoms with Gasteiger partial charge in [-0.25, -0.2) is 0 Å². The first kappa shape index (κ1) is 12.5. The minimum atomic E-state index is 0.136. The van der Waals surface area contributed by atoms with Crippen molar-refractivity contribution in [2.24, 2.45) is 11.7 Å². The number of hydrogen-bond acceptors (Lipinski definition) is 2. The normalized spacial score (nSPS) is 18.3. The fraction of sp³-hybridized carbons (Fsp3) is 0.917. The highest BCUT2D eigenvalue weighted by Crippen LogP contribution is 2.27. The van der Waals surface area contributed by atoms with E-state index in [-0.39, 0.29) is 11.9 Å². The van der Waals surface area contributed by atoms with Crippen LogP contribution in [0.2, 0.25) is 0 Å². The van der Waals surface area contributed by atoms with E-state index < -0.39 is 0 Å². The van der Waals surface area contributed by atoms with Crippen LogP contribution in [-0.2, 0) is 4.79 Å². The minimum Gasteiger partial charge on any atom is -0.343 e. The molecule has 2 N–H and O–H groups in total. The topological polar surface area (TPSA) is 46.3 Å². The number of nitrogens with zero attached hydrogens (tertiary/aromatic N) is 1. The van der Waals surface area contributed by atoms with E-state index in [0.717, 1.165) is 25.4 Å². The number of carbonyl (C=O) groups excluding carboxylic acids is 1. The lowest BCUT2D eigenvalue weighted by atomic mass is 9.85. The molecule has 1 aliphatic carbocycles. The fourth-order valence-corrected chi connectivity index (χ4v) is 1.90. The zero-order valence-corrected chi connectivity index (χ0v) is 10.0. The zero-order chi connectivity index (χ0) is 11.3. The molecule has 0 saturated heterocycles. The lowest BCUT2D eigenvalue weighted by Gasteiger charge is -2.32. The predicted octanol–water partition coefficient (Wildman–Crippen LogP) is 1.76. The SMILES string of the molecule is CCN(CC1CCC1)C(=O)CCC(C)N. The van der Waals surface area contributed by atoms with Crippen LogP contribution in [0.15, 0.2) is 0 Å². The molecule has 1 unspecified atom stereocenters. The highest BCUT2D eigenvalue weighted by atomic mass is 16.2. The third-order valence-electron chi connectivity index (χ3n) is 3.25. The zero-order valence-electron chi connectivity index (χ0n) is 10.0. The van der Waals surface area contributed by atoms with E-state index in [1.54, 1.807) is 0 Å². The summed E-state index contributed by atoms with van der Waals surface area (Å²) in [5.74, 6) is 1.05. The van der Waals surface area contributed by atoms with E-state index in [1.165, 1.54) is 19.3 Å². The van der Waals surface area contributed by atoms with Crippen LogP contribution < -0.4 is 5.73 Å². The number of hydrogen-bond donors (Lipinski definition) is 1. The molecular weight excluding hydrogens is 188 g/mol. The molecule has 0 heterocycles. The molecule has 1 amide bonds. The van der Waals surface area contributed by atoms with Crippen LogP contribution in [0.1, 0.15) is 46.0 Å². The quantitative estimate of drug-likeness (QED) is 0.729. The molecule has 0 spiro atoms. The summed E-state index contributed by atoms with van der Waals surface area (Å²) in [5.41, 5.74) is 5.65. The molecular formula is C12H24N2O. The number of rotatable bonds is 6. The maximum Gasteiger partial charge on any atom is 0.222 e. The Balaban J connectivity index is 2.25. The Kier molecular flexibility index (Phi) is 5.09. The summed E-state index contributed by atoms with van der Waals surface area (Å²) in [6.07, 6.45) is 5.36. The van der Waals surface area contributed by atoms with Gasteiger partial charge in [0.2, 0.25) is 5.91 Å². The average molecular weight is 212 g/mol. The Hall–Kier alpha value is -0.570. The summed E-state index contributed by atoms with van der Waals surface area (Å²) in [7, 11) is 0. The highest BCUT2D eigenvalue weighted by Gasteiger charge is 2.22. The van der Waals surface area contributed by atoms with Crippen molar-refractivity contribution >= 4 is 5.91 Å². The smallest absolute Gasteiger partial charge is 0.222 e. The van der Waals surface area contributed by atoms with Crippen LogP contribution in [0.4, 0.5) is 0 Å². The Morgan fingerprint density at radius 1 is 1.53 bits per heavy atom. The van der Waals surface area contributed by atoms with E-state index in [2.05, 4.69) is 6.92 Å². The van der Waals surface area contributed by atoms with Gasteiger partial charge in [0, 0.05) is 25.6 Å². The number of amides is 1. The summed E-state index contributed by atoms with van der Waals surface area (Å²) in [6.45, 7) is 5.82. The van der Waals surface area contributed by atoms with Crippen molar-refractivity contribution in [1.29, 1.82) is 0 Å². The third-order valence-corrected chi connectivity index (χ3v) is 3.25. The van der Waals surface area contributed by atoms with Crippen LogP contribution in [-0.4, -0.2) is 29.9 Å². The summed E-state index contributed by atoms with van der Waals surface area (Å²) in [5, 5.41) is 0. The van der Waals surface area contributed by atoms with E-state index in [4.69, 9.17) is 5.73 Å². The van der Waals surface area contributed by atoms with Crippen molar-refractivity contribution in [2.75, 3.05) is 13.1 Å². The second-order valence-electron chi connectivity index (χ2n) is 4.75. The van der Waals surface area contributed by atoms with E-state index >= 15 is 0 Å². The van der Waals surface area contributed by atoms with E-state index in [9.17, 15) is 4.79 Å². The number of carbonyl (C=O) groups is 1. The van der Waals surface area contributed by atoms with Gasteiger partial charge in [-0.1, -0.05) is 6.42 Å². The van der Waals surface area contributed by atoms with Gasteiger partial charge in [0.15, 0.2) is 0 Å². The van der Waals surface area contributed by atoms with Gasteiger partial charge in [-0.2, -0.15) is 0 Å². The van der Waals surface area contributed by atoms with Gasteiger partial charge in [-0.05, 0) is 39.0 Å². The maximum atomic E-state index is 11.8. The van der Waals surface area contributed by atoms with Crippen molar-refractivity contribution in [2.45, 2.75) is 52.0 Å². The predicted molar refractivity (Wildman–Crippen MR) is 62.5 cm³/mol. The molecule has 15 heavy (non-hydrogen) atoms. The average Bonchev–Trinajstić information content (AvgIpc) is 2.13. The Bertz CT molecular complexity index is 200. The molecule has 0 radical (unpaired) electrons. The molecule has 1 rings (SSSR count). The maximum absolute atomic E-state index is 11.8. The molecule has 1 fully saturated rings. The second-order valence-corrected chi connectivity index (χ2v) is 4.75. The van der Waals surface area contributed by atoms with Gasteiger partial charge in [-0.15, -0.1) is 0 Å². The van der Waals surface area contributed by atoms with Crippen LogP contribution in [0.3, 0.4) is 0 Å². The van der Waals surface area contributed by atoms with Crippen molar-refractivity contribution in [3.8, 4) is 0 Å². The third kappa shape index (κ3) is 4.20. The number of nitrogens with two attached hydrogens (primary N) is 1. The summed E-state index contributed by atoms with van der Waals surface area (Å²) in [6, 6.07) is 0.136. The van der Waals surface area contributed by atoms with Crippen LogP contribution in [0, 0.1) is 5.92 Å². The van der Waals surface area contributed by atoms with E-state index in [0.29, 0.717) is 6.42 Å². The lowest BCUT2D eigenvalue weighted by molar-refractivity contribution is -0.132. The summed E-state index contributed by atoms with van der Waals surface area (Å²) >= 11 is 0. The Labute approximate surface area is 93.0 Å². The van der Waals surface area contributed by atoms with Gasteiger partial charge in [0.25, 0.3) is 0 Å². The van der Waals surface area contributed by atoms with Crippen LogP contribution >= 0.6 is 0 Å². The van der Waals surface area contributed by atoms with Gasteiger partial charge >= 0.3 is 0 Å². The second kappa shape index (κ2) is 6.11. The van der Waals surface area contributed by atoms with Gasteiger partial charge < -0.3 is 10.6 Å². The first-order chi connectivity index (χ1) is 7.13. The van der Waals surface area contributed by atoms with Crippen molar-refractivity contribution in [1.82, 2.24) is 4.90 Å². The first-order valence-corrected chi connectivity index (χ1v) is 6.16. The molecule has 0 aliphatic heterocycles. The molecule has 1 saturated carbocycles. The molecule has 0 aromatic carbocycles. The molecule has 3 heteroatoms. The largest absolute Gasteiger partial charge is 0.343 e. The summed E-state index contributed by atoms with van der Waals surface area (Å²) in [4.78, 5) is 13.8. The van der Waals surface area contributed by atoms with Crippen LogP contribution in [0.25, 0.3) is 0 Å². The molecule has 3 nitrogen and oxygen atoms in total. The van der Waals surface area contributed by atoms with Crippen molar-refractivity contribution < 1.29 is 4.79 Å². The minimum absolute atomic E-state index is 0.136. The van der Waals surface area contributed by atoms with Gasteiger partial charge in [-0.3, -0.25) is 4.79 Å². The van der Waals surface area contributed by atoms with E-state index in [1.807, 2.05) is 11.8 Å². The highest BCUT2D eigenvalue weighted by molar-refractivity contribution is 5.76. The molecule has 88 valence electrons. The molecule has 1 atom stereocenters. The molecule has 0 bridgehead atoms. The lowest BCUT2D eigenvalue weighted by Crippen LogP contribution is -2.37. The molecule has 1 aliphatic rings. The fourth-order valence-electron chi connectivity index (χ4n) is 1.90. The molecule has 0 aromatic rings. The Morgan fingerprint density at radius 3 is 2.60 bits per heavy atom. The molecule has 0 aromatic heterocycles. The van der Waals surface area contributed by atoms with Gasteiger partial charge in [0.1, 0.15) is 0 Å². The summed E-state index contributed by atoms with van der Waals surface area (Å²) < 4.78 is 0. The first-order valence-electron chi connectivity index (χ1n) is 6.16. The van der Waals surface area contributed by atoms with Gasteiger partial charge in [0.05, 0.1) is 0 Å². The standard InChI is InChI=1S/C12H24N2O/c1-3-14(9-11-5-4-6-11)12(15)8-7-10(2)13/h10-11H,3-9,13H2,1-2H3. The van der Waals surface area contributed by atoms with Crippen molar-refractivity contribution in [3.63, 3.8) is 0 Å².